The minimum Gasteiger partial charge on any atom is -0.272 e. The molecule has 1 N–H and O–H groups in total. The van der Waals surface area contributed by atoms with Gasteiger partial charge in [-0.2, -0.15) is 9.50 Å². The van der Waals surface area contributed by atoms with Crippen LogP contribution in [0.2, 0.25) is 0 Å². The van der Waals surface area contributed by atoms with Crippen LogP contribution >= 0.6 is 0 Å². The third-order valence-electron chi connectivity index (χ3n) is 5.58. The zero-order valence-corrected chi connectivity index (χ0v) is 18.9. The van der Waals surface area contributed by atoms with Crippen molar-refractivity contribution in [3.63, 3.8) is 0 Å². The summed E-state index contributed by atoms with van der Waals surface area (Å²) in [5.74, 6) is -0.251. The van der Waals surface area contributed by atoms with E-state index in [4.69, 9.17) is 0 Å². The number of hydrogen-bond acceptors (Lipinski definition) is 4. The maximum Gasteiger partial charge on any atom is 0.277 e. The molecule has 0 aliphatic carbocycles. The Morgan fingerprint density at radius 3 is 2.58 bits per heavy atom. The Morgan fingerprint density at radius 1 is 1.12 bits per heavy atom. The molecule has 2 aromatic heterocycles. The Labute approximate surface area is 190 Å². The van der Waals surface area contributed by atoms with Crippen molar-refractivity contribution < 1.29 is 9.18 Å². The molecule has 0 spiro atoms. The largest absolute Gasteiger partial charge is 0.277 e. The standard InChI is InChI=1S/C25H26FN5O2/c1-4-5-9-21-17(3)27-24-28-25(29-31(24)23(21)33)30(15-18-10-12-20(26)13-11-18)22(32)19-8-6-7-16(2)14-19/h6-8,10-14H,4-5,9,15H2,1-3H3,(H,27,28,29). The van der Waals surface area contributed by atoms with Gasteiger partial charge < -0.3 is 0 Å². The van der Waals surface area contributed by atoms with Crippen molar-refractivity contribution in [2.24, 2.45) is 0 Å². The average Bonchev–Trinajstić information content (AvgIpc) is 3.22. The van der Waals surface area contributed by atoms with Gasteiger partial charge in [-0.15, -0.1) is 0 Å². The van der Waals surface area contributed by atoms with Gasteiger partial charge in [0.15, 0.2) is 0 Å². The molecule has 0 saturated heterocycles. The molecule has 0 bridgehead atoms. The number of H-pyrrole nitrogens is 1. The smallest absolute Gasteiger partial charge is 0.272 e. The van der Waals surface area contributed by atoms with Crippen molar-refractivity contribution in [2.75, 3.05) is 4.90 Å². The van der Waals surface area contributed by atoms with Gasteiger partial charge >= 0.3 is 0 Å². The first-order chi connectivity index (χ1) is 15.9. The third kappa shape index (κ3) is 4.69. The number of carbonyl (C=O) groups is 1. The van der Waals surface area contributed by atoms with Gasteiger partial charge in [0.1, 0.15) is 5.82 Å². The molecule has 1 amide bonds. The number of unbranched alkanes of at least 4 members (excludes halogenated alkanes) is 1. The van der Waals surface area contributed by atoms with E-state index in [1.807, 2.05) is 19.1 Å². The molecule has 0 saturated carbocycles. The zero-order valence-electron chi connectivity index (χ0n) is 18.9. The molecule has 7 nitrogen and oxygen atoms in total. The topological polar surface area (TPSA) is 83.4 Å². The number of anilines is 1. The second-order valence-corrected chi connectivity index (χ2v) is 8.15. The fraction of sp³-hybridized carbons (Fsp3) is 0.280. The van der Waals surface area contributed by atoms with Gasteiger partial charge in [0.05, 0.1) is 12.2 Å². The lowest BCUT2D eigenvalue weighted by atomic mass is 10.1. The van der Waals surface area contributed by atoms with Crippen LogP contribution in [0.15, 0.2) is 53.3 Å². The number of benzene rings is 2. The molecular weight excluding hydrogens is 421 g/mol. The summed E-state index contributed by atoms with van der Waals surface area (Å²) in [6.45, 7) is 5.92. The molecule has 4 rings (SSSR count). The number of aromatic amines is 1. The molecule has 170 valence electrons. The van der Waals surface area contributed by atoms with Crippen LogP contribution in [0, 0.1) is 19.7 Å². The average molecular weight is 448 g/mol. The van der Waals surface area contributed by atoms with Crippen molar-refractivity contribution in [3.8, 4) is 0 Å². The Morgan fingerprint density at radius 2 is 1.88 bits per heavy atom. The first kappa shape index (κ1) is 22.4. The highest BCUT2D eigenvalue weighted by molar-refractivity contribution is 6.05. The summed E-state index contributed by atoms with van der Waals surface area (Å²) < 4.78 is 14.7. The number of fused-ring (bicyclic) bond motifs is 1. The Balaban J connectivity index is 1.80. The van der Waals surface area contributed by atoms with Gasteiger partial charge in [-0.05, 0) is 56.5 Å². The molecule has 0 unspecified atom stereocenters. The second kappa shape index (κ2) is 9.36. The first-order valence-corrected chi connectivity index (χ1v) is 11.0. The monoisotopic (exact) mass is 447 g/mol. The van der Waals surface area contributed by atoms with E-state index in [1.165, 1.54) is 21.5 Å². The van der Waals surface area contributed by atoms with Crippen LogP contribution in [0.25, 0.3) is 5.78 Å². The fourth-order valence-corrected chi connectivity index (χ4v) is 3.75. The summed E-state index contributed by atoms with van der Waals surface area (Å²) in [7, 11) is 0. The minimum absolute atomic E-state index is 0.142. The molecule has 33 heavy (non-hydrogen) atoms. The lowest BCUT2D eigenvalue weighted by Gasteiger charge is -2.20. The fourth-order valence-electron chi connectivity index (χ4n) is 3.75. The number of carbonyl (C=O) groups excluding carboxylic acids is 1. The normalized spacial score (nSPS) is 11.2. The Kier molecular flexibility index (Phi) is 6.35. The number of aryl methyl sites for hydroxylation is 2. The molecular formula is C25H26FN5O2. The van der Waals surface area contributed by atoms with Crippen LogP contribution < -0.4 is 10.5 Å². The van der Waals surface area contributed by atoms with Crippen LogP contribution in [0.3, 0.4) is 0 Å². The van der Waals surface area contributed by atoms with Crippen molar-refractivity contribution in [3.05, 3.63) is 92.6 Å². The van der Waals surface area contributed by atoms with Crippen LogP contribution in [0.5, 0.6) is 0 Å². The highest BCUT2D eigenvalue weighted by Gasteiger charge is 2.23. The quantitative estimate of drug-likeness (QED) is 0.456. The summed E-state index contributed by atoms with van der Waals surface area (Å²) in [4.78, 5) is 37.0. The van der Waals surface area contributed by atoms with Gasteiger partial charge in [0.2, 0.25) is 5.95 Å². The van der Waals surface area contributed by atoms with Crippen LogP contribution in [-0.2, 0) is 13.0 Å². The summed E-state index contributed by atoms with van der Waals surface area (Å²) in [6.07, 6.45) is 2.48. The zero-order chi connectivity index (χ0) is 23.5. The number of rotatable bonds is 7. The van der Waals surface area contributed by atoms with E-state index in [1.54, 1.807) is 31.2 Å². The number of hydrogen-bond donors (Lipinski definition) is 1. The van der Waals surface area contributed by atoms with E-state index in [-0.39, 0.29) is 35.6 Å². The lowest BCUT2D eigenvalue weighted by molar-refractivity contribution is 0.0983. The summed E-state index contributed by atoms with van der Waals surface area (Å²) in [6, 6.07) is 13.2. The second-order valence-electron chi connectivity index (χ2n) is 8.15. The number of nitrogens with one attached hydrogen (secondary N) is 1. The molecule has 0 aliphatic rings. The predicted octanol–water partition coefficient (Wildman–Crippen LogP) is 4.36. The molecule has 8 heteroatoms. The molecule has 4 aromatic rings. The van der Waals surface area contributed by atoms with E-state index in [0.29, 0.717) is 23.2 Å². The molecule has 0 radical (unpaired) electrons. The lowest BCUT2D eigenvalue weighted by Crippen LogP contribution is -2.31. The first-order valence-electron chi connectivity index (χ1n) is 11.0. The summed E-state index contributed by atoms with van der Waals surface area (Å²) in [5, 5.41) is 2.97. The van der Waals surface area contributed by atoms with E-state index in [0.717, 1.165) is 24.0 Å². The van der Waals surface area contributed by atoms with Crippen molar-refractivity contribution in [2.45, 2.75) is 46.6 Å². The highest BCUT2D eigenvalue weighted by atomic mass is 19.1. The van der Waals surface area contributed by atoms with Gasteiger partial charge in [-0.1, -0.05) is 43.2 Å². The van der Waals surface area contributed by atoms with Crippen molar-refractivity contribution >= 4 is 17.6 Å². The van der Waals surface area contributed by atoms with Crippen LogP contribution in [0.4, 0.5) is 10.3 Å². The summed E-state index contributed by atoms with van der Waals surface area (Å²) in [5.41, 5.74) is 3.22. The number of amides is 1. The van der Waals surface area contributed by atoms with Crippen molar-refractivity contribution in [1.29, 1.82) is 0 Å². The minimum atomic E-state index is -0.357. The van der Waals surface area contributed by atoms with E-state index >= 15 is 0 Å². The van der Waals surface area contributed by atoms with Crippen LogP contribution in [-0.4, -0.2) is 25.5 Å². The number of nitrogens with zero attached hydrogens (tertiary/aromatic N) is 4. The molecule has 0 atom stereocenters. The van der Waals surface area contributed by atoms with Crippen molar-refractivity contribution in [1.82, 2.24) is 19.6 Å². The van der Waals surface area contributed by atoms with Crippen LogP contribution in [0.1, 0.15) is 52.5 Å². The Bertz CT molecular complexity index is 1360. The van der Waals surface area contributed by atoms with Gasteiger partial charge in [-0.3, -0.25) is 19.6 Å². The maximum atomic E-state index is 13.5. The SMILES string of the molecule is CCCCc1c(C)nc2nc(N(Cc3ccc(F)cc3)C(=O)c3cccc(C)c3)[nH]n2c1=O. The van der Waals surface area contributed by atoms with Gasteiger partial charge in [0.25, 0.3) is 17.2 Å². The Hall–Kier alpha value is -3.81. The molecule has 0 aliphatic heterocycles. The molecule has 2 heterocycles. The number of halogens is 1. The van der Waals surface area contributed by atoms with E-state index in [2.05, 4.69) is 22.0 Å². The predicted molar refractivity (Wildman–Crippen MR) is 125 cm³/mol. The maximum absolute atomic E-state index is 13.5. The molecule has 0 fully saturated rings. The number of aromatic nitrogens is 4. The van der Waals surface area contributed by atoms with Gasteiger partial charge in [-0.25, -0.2) is 9.37 Å². The van der Waals surface area contributed by atoms with E-state index < -0.39 is 0 Å². The van der Waals surface area contributed by atoms with E-state index in [9.17, 15) is 14.0 Å². The highest BCUT2D eigenvalue weighted by Crippen LogP contribution is 2.19. The van der Waals surface area contributed by atoms with Gasteiger partial charge in [0, 0.05) is 11.1 Å². The third-order valence-corrected chi connectivity index (χ3v) is 5.58. The molecule has 2 aromatic carbocycles. The summed E-state index contributed by atoms with van der Waals surface area (Å²) >= 11 is 0.